The number of hydrogen-bond acceptors (Lipinski definition) is 4. The van der Waals surface area contributed by atoms with Crippen LogP contribution in [-0.4, -0.2) is 22.0 Å². The molecule has 0 heterocycles. The van der Waals surface area contributed by atoms with Gasteiger partial charge >= 0.3 is 5.97 Å². The Hall–Kier alpha value is -3.60. The highest BCUT2D eigenvalue weighted by Gasteiger charge is 2.20. The summed E-state index contributed by atoms with van der Waals surface area (Å²) < 4.78 is 6.43. The molecule has 0 aliphatic carbocycles. The molecule has 5 heteroatoms. The lowest BCUT2D eigenvalue weighted by atomic mass is 9.98. The van der Waals surface area contributed by atoms with Crippen LogP contribution in [0.1, 0.15) is 73.5 Å². The number of phenols is 1. The molecule has 0 fully saturated rings. The van der Waals surface area contributed by atoms with E-state index in [-0.39, 0.29) is 24.1 Å². The first-order valence-electron chi connectivity index (χ1n) is 11.8. The van der Waals surface area contributed by atoms with Crippen molar-refractivity contribution in [3.8, 4) is 22.6 Å². The maximum atomic E-state index is 11.9. The quantitative estimate of drug-likeness (QED) is 0.225. The smallest absolute Gasteiger partial charge is 0.303 e. The van der Waals surface area contributed by atoms with Gasteiger partial charge in [0, 0.05) is 12.0 Å². The first-order valence-corrected chi connectivity index (χ1v) is 11.8. The highest BCUT2D eigenvalue weighted by Crippen LogP contribution is 2.37. The molecule has 5 nitrogen and oxygen atoms in total. The number of carboxylic acids is 1. The molecule has 0 aliphatic rings. The Morgan fingerprint density at radius 3 is 2.21 bits per heavy atom. The summed E-state index contributed by atoms with van der Waals surface area (Å²) in [5.41, 5.74) is 4.13. The van der Waals surface area contributed by atoms with Gasteiger partial charge in [-0.3, -0.25) is 9.59 Å². The highest BCUT2D eigenvalue weighted by atomic mass is 16.5. The maximum Gasteiger partial charge on any atom is 0.303 e. The van der Waals surface area contributed by atoms with Crippen molar-refractivity contribution in [3.63, 3.8) is 0 Å². The molecular formula is C29H32O5. The zero-order valence-corrected chi connectivity index (χ0v) is 19.8. The van der Waals surface area contributed by atoms with E-state index in [1.807, 2.05) is 37.3 Å². The van der Waals surface area contributed by atoms with E-state index >= 15 is 0 Å². The summed E-state index contributed by atoms with van der Waals surface area (Å²) in [5.74, 6) is -0.460. The molecule has 3 aromatic rings. The summed E-state index contributed by atoms with van der Waals surface area (Å²) >= 11 is 0. The third-order valence-corrected chi connectivity index (χ3v) is 5.88. The van der Waals surface area contributed by atoms with Crippen molar-refractivity contribution >= 4 is 11.8 Å². The second-order valence-electron chi connectivity index (χ2n) is 8.48. The number of benzene rings is 3. The standard InChI is InChI=1S/C29H32O5/c1-3-9-25-27(19-18-24(20(2)30)29(25)33)34-26(12-7-8-13-28(31)32)23-16-14-22(15-17-23)21-10-5-4-6-11-21/h4-6,10-11,14-19,26,33H,3,7-9,12-13H2,1-2H3,(H,31,32). The summed E-state index contributed by atoms with van der Waals surface area (Å²) in [7, 11) is 0. The molecule has 178 valence electrons. The summed E-state index contributed by atoms with van der Waals surface area (Å²) in [6.45, 7) is 3.44. The number of carbonyl (C=O) groups excluding carboxylic acids is 1. The number of phenolic OH excluding ortho intramolecular Hbond substituents is 1. The number of ether oxygens (including phenoxy) is 1. The van der Waals surface area contributed by atoms with Gasteiger partial charge in [-0.05, 0) is 61.4 Å². The summed E-state index contributed by atoms with van der Waals surface area (Å²) in [5, 5.41) is 19.7. The second-order valence-corrected chi connectivity index (χ2v) is 8.48. The van der Waals surface area contributed by atoms with Gasteiger partial charge in [0.15, 0.2) is 5.78 Å². The maximum absolute atomic E-state index is 11.9. The fraction of sp³-hybridized carbons (Fsp3) is 0.310. The molecule has 1 atom stereocenters. The normalized spacial score (nSPS) is 11.7. The largest absolute Gasteiger partial charge is 0.507 e. The average molecular weight is 461 g/mol. The minimum Gasteiger partial charge on any atom is -0.507 e. The number of ketones is 1. The van der Waals surface area contributed by atoms with E-state index in [1.54, 1.807) is 12.1 Å². The predicted octanol–water partition coefficient (Wildman–Crippen LogP) is 6.98. The van der Waals surface area contributed by atoms with Crippen LogP contribution < -0.4 is 4.74 Å². The zero-order chi connectivity index (χ0) is 24.5. The lowest BCUT2D eigenvalue weighted by Gasteiger charge is -2.23. The van der Waals surface area contributed by atoms with Gasteiger partial charge in [0.1, 0.15) is 17.6 Å². The first kappa shape index (κ1) is 25.0. The van der Waals surface area contributed by atoms with E-state index in [0.717, 1.165) is 23.1 Å². The van der Waals surface area contributed by atoms with Crippen LogP contribution >= 0.6 is 0 Å². The minimum absolute atomic E-state index is 0.0177. The van der Waals surface area contributed by atoms with Gasteiger partial charge in [-0.1, -0.05) is 67.9 Å². The van der Waals surface area contributed by atoms with Crippen LogP contribution in [0.5, 0.6) is 11.5 Å². The molecule has 1 unspecified atom stereocenters. The molecule has 0 radical (unpaired) electrons. The Kier molecular flexibility index (Phi) is 8.86. The topological polar surface area (TPSA) is 83.8 Å². The van der Waals surface area contributed by atoms with Gasteiger partial charge < -0.3 is 14.9 Å². The number of unbranched alkanes of at least 4 members (excludes halogenated alkanes) is 1. The van der Waals surface area contributed by atoms with E-state index in [0.29, 0.717) is 42.6 Å². The summed E-state index contributed by atoms with van der Waals surface area (Å²) in [4.78, 5) is 22.8. The predicted molar refractivity (Wildman–Crippen MR) is 133 cm³/mol. The molecule has 0 aromatic heterocycles. The zero-order valence-electron chi connectivity index (χ0n) is 19.8. The molecular weight excluding hydrogens is 428 g/mol. The van der Waals surface area contributed by atoms with Crippen LogP contribution in [0.4, 0.5) is 0 Å². The van der Waals surface area contributed by atoms with E-state index in [2.05, 4.69) is 24.3 Å². The van der Waals surface area contributed by atoms with Crippen LogP contribution in [0.25, 0.3) is 11.1 Å². The van der Waals surface area contributed by atoms with E-state index < -0.39 is 5.97 Å². The Morgan fingerprint density at radius 2 is 1.59 bits per heavy atom. The molecule has 0 bridgehead atoms. The van der Waals surface area contributed by atoms with Crippen LogP contribution in [-0.2, 0) is 11.2 Å². The Morgan fingerprint density at radius 1 is 0.912 bits per heavy atom. The Bertz CT molecular complexity index is 1100. The number of hydrogen-bond donors (Lipinski definition) is 2. The number of aliphatic carboxylic acids is 1. The van der Waals surface area contributed by atoms with Crippen LogP contribution in [0.3, 0.4) is 0 Å². The second kappa shape index (κ2) is 12.0. The molecule has 0 aliphatic heterocycles. The van der Waals surface area contributed by atoms with E-state index in [1.165, 1.54) is 6.92 Å². The molecule has 34 heavy (non-hydrogen) atoms. The van der Waals surface area contributed by atoms with Gasteiger partial charge in [0.2, 0.25) is 0 Å². The van der Waals surface area contributed by atoms with Crippen molar-refractivity contribution in [1.82, 2.24) is 0 Å². The average Bonchev–Trinajstić information content (AvgIpc) is 2.83. The van der Waals surface area contributed by atoms with Crippen molar-refractivity contribution in [2.75, 3.05) is 0 Å². The van der Waals surface area contributed by atoms with Crippen LogP contribution in [0.15, 0.2) is 66.7 Å². The molecule has 2 N–H and O–H groups in total. The monoisotopic (exact) mass is 460 g/mol. The van der Waals surface area contributed by atoms with Gasteiger partial charge in [0.25, 0.3) is 0 Å². The number of Topliss-reactive ketones (excluding diaryl/α,β-unsaturated/α-hetero) is 1. The summed E-state index contributed by atoms with van der Waals surface area (Å²) in [6, 6.07) is 21.7. The fourth-order valence-electron chi connectivity index (χ4n) is 4.08. The van der Waals surface area contributed by atoms with E-state index in [4.69, 9.17) is 9.84 Å². The summed E-state index contributed by atoms with van der Waals surface area (Å²) in [6.07, 6.45) is 3.08. The van der Waals surface area contributed by atoms with Crippen molar-refractivity contribution in [1.29, 1.82) is 0 Å². The number of carboxylic acid groups (broad SMARTS) is 1. The molecule has 3 rings (SSSR count). The van der Waals surface area contributed by atoms with Crippen LogP contribution in [0.2, 0.25) is 0 Å². The third kappa shape index (κ3) is 6.47. The first-order chi connectivity index (χ1) is 16.4. The van der Waals surface area contributed by atoms with Crippen molar-refractivity contribution in [2.45, 2.75) is 58.5 Å². The number of carbonyl (C=O) groups is 2. The van der Waals surface area contributed by atoms with Crippen molar-refractivity contribution in [2.24, 2.45) is 0 Å². The van der Waals surface area contributed by atoms with Gasteiger partial charge in [0.05, 0.1) is 5.56 Å². The lowest BCUT2D eigenvalue weighted by molar-refractivity contribution is -0.137. The molecule has 0 saturated heterocycles. The van der Waals surface area contributed by atoms with Gasteiger partial charge in [-0.15, -0.1) is 0 Å². The third-order valence-electron chi connectivity index (χ3n) is 5.88. The number of aromatic hydroxyl groups is 1. The molecule has 0 amide bonds. The van der Waals surface area contributed by atoms with Crippen molar-refractivity contribution in [3.05, 3.63) is 83.4 Å². The number of rotatable bonds is 12. The lowest BCUT2D eigenvalue weighted by Crippen LogP contribution is -2.10. The Labute approximate surface area is 201 Å². The molecule has 0 saturated carbocycles. The van der Waals surface area contributed by atoms with E-state index in [9.17, 15) is 14.7 Å². The molecule has 0 spiro atoms. The fourth-order valence-corrected chi connectivity index (χ4v) is 4.08. The van der Waals surface area contributed by atoms with Crippen molar-refractivity contribution < 1.29 is 24.5 Å². The van der Waals surface area contributed by atoms with Gasteiger partial charge in [-0.25, -0.2) is 0 Å². The van der Waals surface area contributed by atoms with Crippen LogP contribution in [0, 0.1) is 0 Å². The Balaban J connectivity index is 1.89. The minimum atomic E-state index is -0.806. The van der Waals surface area contributed by atoms with Gasteiger partial charge in [-0.2, -0.15) is 0 Å². The molecule has 3 aromatic carbocycles. The SMILES string of the molecule is CCCc1c(OC(CCCCC(=O)O)c2ccc(-c3ccccc3)cc2)ccc(C(C)=O)c1O. The highest BCUT2D eigenvalue weighted by molar-refractivity contribution is 5.97.